The van der Waals surface area contributed by atoms with Crippen LogP contribution in [0.25, 0.3) is 0 Å². The second-order valence-electron chi connectivity index (χ2n) is 9.11. The van der Waals surface area contributed by atoms with Crippen LogP contribution in [0.15, 0.2) is 29.3 Å². The van der Waals surface area contributed by atoms with E-state index in [4.69, 9.17) is 4.98 Å². The van der Waals surface area contributed by atoms with Gasteiger partial charge in [0.05, 0.1) is 11.1 Å². The fourth-order valence-corrected chi connectivity index (χ4v) is 5.44. The number of hydrogen-bond acceptors (Lipinski definition) is 7. The molecule has 2 heterocycles. The highest BCUT2D eigenvalue weighted by Crippen LogP contribution is 2.35. The number of aromatic nitrogens is 1. The predicted molar refractivity (Wildman–Crippen MR) is 137 cm³/mol. The van der Waals surface area contributed by atoms with Gasteiger partial charge in [-0.3, -0.25) is 0 Å². The Morgan fingerprint density at radius 3 is 2.36 bits per heavy atom. The SMILES string of the molecule is CCc1c(C#N)c(SCc2ccc(N(C)C)cc2)nc(N2CCCC(CN(C)C)C2)c1C#N. The van der Waals surface area contributed by atoms with Crippen LogP contribution < -0.4 is 9.80 Å². The Balaban J connectivity index is 1.93. The highest BCUT2D eigenvalue weighted by Gasteiger charge is 2.27. The Kier molecular flexibility index (Phi) is 8.61. The standard InChI is InChI=1S/C26H34N6S/c1-6-22-23(14-27)25(32-13-7-8-20(17-32)16-30(2)3)29-26(24(22)15-28)33-18-19-9-11-21(12-10-19)31(4)5/h9-12,20H,6-8,13,16-18H2,1-5H3. The van der Waals surface area contributed by atoms with Crippen LogP contribution in [0.3, 0.4) is 0 Å². The molecule has 1 aromatic carbocycles. The van der Waals surface area contributed by atoms with Gasteiger partial charge in [-0.05, 0) is 62.5 Å². The third-order valence-corrected chi connectivity index (χ3v) is 7.14. The van der Waals surface area contributed by atoms with Crippen molar-refractivity contribution in [2.24, 2.45) is 5.92 Å². The van der Waals surface area contributed by atoms with Gasteiger partial charge in [-0.2, -0.15) is 10.5 Å². The predicted octanol–water partition coefficient (Wildman–Crippen LogP) is 4.52. The van der Waals surface area contributed by atoms with Crippen molar-refractivity contribution >= 4 is 23.3 Å². The van der Waals surface area contributed by atoms with Crippen LogP contribution in [0.5, 0.6) is 0 Å². The van der Waals surface area contributed by atoms with Crippen LogP contribution >= 0.6 is 11.8 Å². The largest absolute Gasteiger partial charge is 0.378 e. The van der Waals surface area contributed by atoms with Crippen molar-refractivity contribution in [1.82, 2.24) is 9.88 Å². The van der Waals surface area contributed by atoms with Gasteiger partial charge in [-0.1, -0.05) is 19.1 Å². The summed E-state index contributed by atoms with van der Waals surface area (Å²) in [7, 11) is 8.27. The number of pyridine rings is 1. The zero-order valence-electron chi connectivity index (χ0n) is 20.4. The van der Waals surface area contributed by atoms with Crippen molar-refractivity contribution in [3.05, 3.63) is 46.5 Å². The van der Waals surface area contributed by atoms with Crippen LogP contribution in [-0.2, 0) is 12.2 Å². The van der Waals surface area contributed by atoms with Crippen LogP contribution in [-0.4, -0.2) is 57.7 Å². The molecule has 0 N–H and O–H groups in total. The molecule has 6 nitrogen and oxygen atoms in total. The summed E-state index contributed by atoms with van der Waals surface area (Å²) in [5.41, 5.74) is 4.29. The van der Waals surface area contributed by atoms with Gasteiger partial charge >= 0.3 is 0 Å². The third-order valence-electron chi connectivity index (χ3n) is 6.10. The van der Waals surface area contributed by atoms with E-state index >= 15 is 0 Å². The number of piperidine rings is 1. The minimum atomic E-state index is 0.550. The first-order valence-corrected chi connectivity index (χ1v) is 12.5. The lowest BCUT2D eigenvalue weighted by Crippen LogP contribution is -2.40. The van der Waals surface area contributed by atoms with Crippen LogP contribution in [0.4, 0.5) is 11.5 Å². The first-order chi connectivity index (χ1) is 15.9. The topological polar surface area (TPSA) is 70.2 Å². The molecule has 2 aromatic rings. The summed E-state index contributed by atoms with van der Waals surface area (Å²) in [4.78, 5) is 11.5. The van der Waals surface area contributed by atoms with Crippen molar-refractivity contribution in [2.75, 3.05) is 57.6 Å². The smallest absolute Gasteiger partial charge is 0.148 e. The van der Waals surface area contributed by atoms with E-state index in [-0.39, 0.29) is 0 Å². The van der Waals surface area contributed by atoms with Gasteiger partial charge in [0.15, 0.2) is 0 Å². The Labute approximate surface area is 202 Å². The first kappa shape index (κ1) is 24.9. The summed E-state index contributed by atoms with van der Waals surface area (Å²) in [6, 6.07) is 13.2. The summed E-state index contributed by atoms with van der Waals surface area (Å²) >= 11 is 1.59. The van der Waals surface area contributed by atoms with Gasteiger partial charge in [0.1, 0.15) is 23.0 Å². The average molecular weight is 463 g/mol. The van der Waals surface area contributed by atoms with Gasteiger partial charge in [0.25, 0.3) is 0 Å². The fourth-order valence-electron chi connectivity index (χ4n) is 4.48. The molecule has 33 heavy (non-hydrogen) atoms. The number of thioether (sulfide) groups is 1. The molecule has 0 bridgehead atoms. The van der Waals surface area contributed by atoms with E-state index in [1.807, 2.05) is 21.0 Å². The Morgan fingerprint density at radius 2 is 1.79 bits per heavy atom. The maximum Gasteiger partial charge on any atom is 0.148 e. The summed E-state index contributed by atoms with van der Waals surface area (Å²) < 4.78 is 0. The van der Waals surface area contributed by atoms with Crippen molar-refractivity contribution in [3.8, 4) is 12.1 Å². The Bertz CT molecular complexity index is 1030. The molecule has 0 saturated carbocycles. The minimum Gasteiger partial charge on any atom is -0.378 e. The highest BCUT2D eigenvalue weighted by molar-refractivity contribution is 7.98. The van der Waals surface area contributed by atoms with E-state index in [1.54, 1.807) is 11.8 Å². The first-order valence-electron chi connectivity index (χ1n) is 11.5. The number of benzene rings is 1. The van der Waals surface area contributed by atoms with E-state index in [0.717, 1.165) is 53.9 Å². The number of hydrogen-bond donors (Lipinski definition) is 0. The number of nitriles is 2. The molecule has 7 heteroatoms. The van der Waals surface area contributed by atoms with Crippen LogP contribution in [0.2, 0.25) is 0 Å². The Morgan fingerprint density at radius 1 is 1.09 bits per heavy atom. The molecule has 0 radical (unpaired) electrons. The molecule has 0 aliphatic carbocycles. The quantitative estimate of drug-likeness (QED) is 0.534. The number of nitrogens with zero attached hydrogens (tertiary/aromatic N) is 6. The minimum absolute atomic E-state index is 0.550. The number of anilines is 2. The zero-order valence-corrected chi connectivity index (χ0v) is 21.2. The molecule has 1 aliphatic heterocycles. The Hall–Kier alpha value is -2.74. The molecular formula is C26H34N6S. The second-order valence-corrected chi connectivity index (χ2v) is 10.1. The molecule has 1 aliphatic rings. The van der Waals surface area contributed by atoms with Gasteiger partial charge in [0, 0.05) is 45.2 Å². The molecule has 1 aromatic heterocycles. The van der Waals surface area contributed by atoms with Gasteiger partial charge in [-0.15, -0.1) is 11.8 Å². The van der Waals surface area contributed by atoms with Crippen molar-refractivity contribution in [3.63, 3.8) is 0 Å². The number of rotatable bonds is 8. The van der Waals surface area contributed by atoms with Gasteiger partial charge < -0.3 is 14.7 Å². The third kappa shape index (κ3) is 5.99. The summed E-state index contributed by atoms with van der Waals surface area (Å²) in [5.74, 6) is 2.03. The molecule has 1 saturated heterocycles. The zero-order chi connectivity index (χ0) is 24.0. The van der Waals surface area contributed by atoms with Gasteiger partial charge in [0.2, 0.25) is 0 Å². The monoisotopic (exact) mass is 462 g/mol. The second kappa shape index (κ2) is 11.4. The van der Waals surface area contributed by atoms with Crippen LogP contribution in [0.1, 0.15) is 42.0 Å². The lowest BCUT2D eigenvalue weighted by Gasteiger charge is -2.35. The summed E-state index contributed by atoms with van der Waals surface area (Å²) in [6.45, 7) is 4.84. The lowest BCUT2D eigenvalue weighted by atomic mass is 9.96. The molecule has 1 fully saturated rings. The van der Waals surface area contributed by atoms with Crippen molar-refractivity contribution < 1.29 is 0 Å². The molecule has 1 unspecified atom stereocenters. The maximum atomic E-state index is 10.0. The fraction of sp³-hybridized carbons (Fsp3) is 0.500. The summed E-state index contributed by atoms with van der Waals surface area (Å²) in [5, 5.41) is 20.7. The molecule has 0 amide bonds. The molecule has 174 valence electrons. The lowest BCUT2D eigenvalue weighted by molar-refractivity contribution is 0.291. The molecule has 0 spiro atoms. The van der Waals surface area contributed by atoms with Crippen LogP contribution in [0, 0.1) is 28.6 Å². The normalized spacial score (nSPS) is 15.9. The van der Waals surface area contributed by atoms with E-state index in [2.05, 4.69) is 65.2 Å². The van der Waals surface area contributed by atoms with Crippen molar-refractivity contribution in [2.45, 2.75) is 37.0 Å². The van der Waals surface area contributed by atoms with E-state index in [9.17, 15) is 10.5 Å². The van der Waals surface area contributed by atoms with E-state index < -0.39 is 0 Å². The van der Waals surface area contributed by atoms with E-state index in [0.29, 0.717) is 23.5 Å². The van der Waals surface area contributed by atoms with E-state index in [1.165, 1.54) is 12.0 Å². The average Bonchev–Trinajstić information content (AvgIpc) is 2.81. The summed E-state index contributed by atoms with van der Waals surface area (Å²) in [6.07, 6.45) is 2.92. The van der Waals surface area contributed by atoms with Gasteiger partial charge in [-0.25, -0.2) is 4.98 Å². The highest BCUT2D eigenvalue weighted by atomic mass is 32.2. The molecular weight excluding hydrogens is 428 g/mol. The molecule has 1 atom stereocenters. The maximum absolute atomic E-state index is 10.0. The van der Waals surface area contributed by atoms with Crippen molar-refractivity contribution in [1.29, 1.82) is 10.5 Å². The molecule has 3 rings (SSSR count).